The molecule has 0 aromatic heterocycles. The van der Waals surface area contributed by atoms with Crippen LogP contribution >= 0.6 is 0 Å². The lowest BCUT2D eigenvalue weighted by Gasteiger charge is -2.11. The average Bonchev–Trinajstić information content (AvgIpc) is 2.65. The fourth-order valence-electron chi connectivity index (χ4n) is 2.56. The van der Waals surface area contributed by atoms with Crippen molar-refractivity contribution in [1.29, 1.82) is 0 Å². The van der Waals surface area contributed by atoms with Gasteiger partial charge in [-0.25, -0.2) is 17.5 Å². The Labute approximate surface area is 151 Å². The van der Waals surface area contributed by atoms with E-state index in [0.717, 1.165) is 16.8 Å². The van der Waals surface area contributed by atoms with Crippen LogP contribution in [0.5, 0.6) is 11.5 Å². The minimum absolute atomic E-state index is 0.0109. The van der Waals surface area contributed by atoms with Crippen molar-refractivity contribution in [2.75, 3.05) is 20.3 Å². The van der Waals surface area contributed by atoms with Crippen LogP contribution in [0.2, 0.25) is 0 Å². The summed E-state index contributed by atoms with van der Waals surface area (Å²) in [7, 11) is -2.52. The van der Waals surface area contributed by atoms with Gasteiger partial charge in [0, 0.05) is 11.9 Å². The minimum Gasteiger partial charge on any atom is -0.494 e. The molecule has 0 radical (unpaired) electrons. The zero-order chi connectivity index (χ0) is 18.6. The summed E-state index contributed by atoms with van der Waals surface area (Å²) in [5.74, 6) is -0.0663. The van der Waals surface area contributed by atoms with Crippen LogP contribution in [0.4, 0.5) is 4.39 Å². The molecule has 3 aromatic rings. The van der Waals surface area contributed by atoms with E-state index in [2.05, 4.69) is 4.72 Å². The van der Waals surface area contributed by atoms with Gasteiger partial charge in [-0.1, -0.05) is 36.4 Å². The fraction of sp³-hybridized carbons (Fsp3) is 0.158. The molecular formula is C19H18FNO4S. The minimum atomic E-state index is -3.83. The predicted octanol–water partition coefficient (Wildman–Crippen LogP) is 3.34. The van der Waals surface area contributed by atoms with Gasteiger partial charge in [0.05, 0.1) is 12.0 Å². The number of hydrogen-bond acceptors (Lipinski definition) is 4. The van der Waals surface area contributed by atoms with Crippen molar-refractivity contribution in [2.24, 2.45) is 0 Å². The summed E-state index contributed by atoms with van der Waals surface area (Å²) in [4.78, 5) is -0.166. The quantitative estimate of drug-likeness (QED) is 0.643. The van der Waals surface area contributed by atoms with Crippen molar-refractivity contribution in [2.45, 2.75) is 4.90 Å². The summed E-state index contributed by atoms with van der Waals surface area (Å²) in [6, 6.07) is 16.9. The number of benzene rings is 3. The monoisotopic (exact) mass is 375 g/mol. The molecule has 136 valence electrons. The number of fused-ring (bicyclic) bond motifs is 1. The van der Waals surface area contributed by atoms with Gasteiger partial charge in [-0.05, 0) is 29.7 Å². The summed E-state index contributed by atoms with van der Waals surface area (Å²) >= 11 is 0. The topological polar surface area (TPSA) is 64.6 Å². The molecule has 1 N–H and O–H groups in total. The van der Waals surface area contributed by atoms with E-state index in [-0.39, 0.29) is 23.8 Å². The lowest BCUT2D eigenvalue weighted by atomic mass is 10.1. The normalized spacial score (nSPS) is 11.5. The largest absolute Gasteiger partial charge is 0.494 e. The number of halogens is 1. The summed E-state index contributed by atoms with van der Waals surface area (Å²) in [5.41, 5.74) is 0. The standard InChI is InChI=1S/C19H18FNO4S/c1-24-19-10-9-15(13-17(19)20)26(22,23)21-11-12-25-18-8-4-6-14-5-2-3-7-16(14)18/h2-10,13,21H,11-12H2,1H3. The second-order valence-electron chi connectivity index (χ2n) is 5.52. The second-order valence-corrected chi connectivity index (χ2v) is 7.29. The molecule has 3 aromatic carbocycles. The van der Waals surface area contributed by atoms with Gasteiger partial charge in [0.15, 0.2) is 11.6 Å². The smallest absolute Gasteiger partial charge is 0.240 e. The highest BCUT2D eigenvalue weighted by molar-refractivity contribution is 7.89. The van der Waals surface area contributed by atoms with Crippen LogP contribution in [0.15, 0.2) is 65.6 Å². The summed E-state index contributed by atoms with van der Waals surface area (Å²) in [6.07, 6.45) is 0. The Kier molecular flexibility index (Phi) is 5.39. The molecule has 0 unspecified atom stereocenters. The fourth-order valence-corrected chi connectivity index (χ4v) is 3.58. The van der Waals surface area contributed by atoms with Crippen molar-refractivity contribution in [3.8, 4) is 11.5 Å². The SMILES string of the molecule is COc1ccc(S(=O)(=O)NCCOc2cccc3ccccc23)cc1F. The second kappa shape index (κ2) is 7.72. The van der Waals surface area contributed by atoms with Crippen molar-refractivity contribution >= 4 is 20.8 Å². The van der Waals surface area contributed by atoms with E-state index >= 15 is 0 Å². The maximum Gasteiger partial charge on any atom is 0.240 e. The van der Waals surface area contributed by atoms with Crippen LogP contribution in [0, 0.1) is 5.82 Å². The van der Waals surface area contributed by atoms with Crippen LogP contribution in [0.3, 0.4) is 0 Å². The lowest BCUT2D eigenvalue weighted by Crippen LogP contribution is -2.28. The Balaban J connectivity index is 1.63. The molecule has 7 heteroatoms. The van der Waals surface area contributed by atoms with E-state index in [0.29, 0.717) is 5.75 Å². The molecule has 0 saturated heterocycles. The maximum atomic E-state index is 13.7. The van der Waals surface area contributed by atoms with Crippen LogP contribution < -0.4 is 14.2 Å². The number of sulfonamides is 1. The Bertz CT molecular complexity index is 1020. The molecule has 0 saturated carbocycles. The maximum absolute atomic E-state index is 13.7. The molecule has 3 rings (SSSR count). The Morgan fingerprint density at radius 1 is 1.00 bits per heavy atom. The first-order valence-electron chi connectivity index (χ1n) is 7.95. The molecule has 0 amide bonds. The van der Waals surface area contributed by atoms with Gasteiger partial charge in [0.25, 0.3) is 0 Å². The molecule has 0 aliphatic rings. The van der Waals surface area contributed by atoms with Gasteiger partial charge < -0.3 is 9.47 Å². The number of nitrogens with one attached hydrogen (secondary N) is 1. The first-order chi connectivity index (χ1) is 12.5. The summed E-state index contributed by atoms with van der Waals surface area (Å²) in [5, 5.41) is 1.99. The Morgan fingerprint density at radius 3 is 2.54 bits per heavy atom. The first kappa shape index (κ1) is 18.2. The highest BCUT2D eigenvalue weighted by Gasteiger charge is 2.16. The number of ether oxygens (including phenoxy) is 2. The van der Waals surface area contributed by atoms with Gasteiger partial charge in [-0.3, -0.25) is 0 Å². The molecule has 0 aliphatic carbocycles. The third-order valence-electron chi connectivity index (χ3n) is 3.83. The van der Waals surface area contributed by atoms with E-state index in [4.69, 9.17) is 9.47 Å². The van der Waals surface area contributed by atoms with E-state index in [1.54, 1.807) is 0 Å². The highest BCUT2D eigenvalue weighted by Crippen LogP contribution is 2.25. The van der Waals surface area contributed by atoms with Crippen molar-refractivity contribution in [1.82, 2.24) is 4.72 Å². The number of methoxy groups -OCH3 is 1. The van der Waals surface area contributed by atoms with Gasteiger partial charge in [0.2, 0.25) is 10.0 Å². The molecule has 0 fully saturated rings. The molecule has 26 heavy (non-hydrogen) atoms. The summed E-state index contributed by atoms with van der Waals surface area (Å²) in [6.45, 7) is 0.199. The lowest BCUT2D eigenvalue weighted by molar-refractivity contribution is 0.326. The molecule has 5 nitrogen and oxygen atoms in total. The van der Waals surface area contributed by atoms with E-state index in [1.165, 1.54) is 19.2 Å². The van der Waals surface area contributed by atoms with Gasteiger partial charge in [-0.15, -0.1) is 0 Å². The number of rotatable bonds is 7. The van der Waals surface area contributed by atoms with Crippen molar-refractivity contribution < 1.29 is 22.3 Å². The van der Waals surface area contributed by atoms with Crippen LogP contribution in [-0.4, -0.2) is 28.7 Å². The zero-order valence-electron chi connectivity index (χ0n) is 14.1. The number of hydrogen-bond donors (Lipinski definition) is 1. The van der Waals surface area contributed by atoms with E-state index in [9.17, 15) is 12.8 Å². The van der Waals surface area contributed by atoms with Crippen molar-refractivity contribution in [3.63, 3.8) is 0 Å². The molecule has 0 heterocycles. The van der Waals surface area contributed by atoms with Crippen LogP contribution in [0.1, 0.15) is 0 Å². The zero-order valence-corrected chi connectivity index (χ0v) is 14.9. The van der Waals surface area contributed by atoms with Crippen molar-refractivity contribution in [3.05, 3.63) is 66.5 Å². The highest BCUT2D eigenvalue weighted by atomic mass is 32.2. The molecule has 0 spiro atoms. The Hall–Kier alpha value is -2.64. The average molecular weight is 375 g/mol. The first-order valence-corrected chi connectivity index (χ1v) is 9.43. The van der Waals surface area contributed by atoms with E-state index in [1.807, 2.05) is 42.5 Å². The predicted molar refractivity (Wildman–Crippen MR) is 97.6 cm³/mol. The van der Waals surface area contributed by atoms with Gasteiger partial charge in [0.1, 0.15) is 12.4 Å². The van der Waals surface area contributed by atoms with Gasteiger partial charge in [-0.2, -0.15) is 0 Å². The van der Waals surface area contributed by atoms with Crippen LogP contribution in [0.25, 0.3) is 10.8 Å². The third kappa shape index (κ3) is 3.95. The molecule has 0 bridgehead atoms. The summed E-state index contributed by atoms with van der Waals surface area (Å²) < 4.78 is 51.0. The molecular weight excluding hydrogens is 357 g/mol. The third-order valence-corrected chi connectivity index (χ3v) is 5.29. The molecule has 0 aliphatic heterocycles. The Morgan fingerprint density at radius 2 is 1.77 bits per heavy atom. The molecule has 0 atom stereocenters. The van der Waals surface area contributed by atoms with E-state index < -0.39 is 15.8 Å². The van der Waals surface area contributed by atoms with Gasteiger partial charge >= 0.3 is 0 Å². The van der Waals surface area contributed by atoms with Crippen LogP contribution in [-0.2, 0) is 10.0 Å².